The first-order chi connectivity index (χ1) is 9.51. The Labute approximate surface area is 116 Å². The molecule has 2 aromatic rings. The molecule has 20 heavy (non-hydrogen) atoms. The van der Waals surface area contributed by atoms with E-state index in [9.17, 15) is 9.59 Å². The molecule has 0 spiro atoms. The number of carbonyl (C=O) groups is 1. The van der Waals surface area contributed by atoms with Crippen molar-refractivity contribution in [3.8, 4) is 5.75 Å². The van der Waals surface area contributed by atoms with Gasteiger partial charge < -0.3 is 4.74 Å². The molecule has 0 fully saturated rings. The molecule has 1 aromatic heterocycles. The Bertz CT molecular complexity index is 705. The number of methoxy groups -OCH3 is 1. The first kappa shape index (κ1) is 14.0. The molecule has 0 saturated carbocycles. The summed E-state index contributed by atoms with van der Waals surface area (Å²) in [6.07, 6.45) is 3.26. The fourth-order valence-electron chi connectivity index (χ4n) is 1.98. The van der Waals surface area contributed by atoms with E-state index < -0.39 is 0 Å². The van der Waals surface area contributed by atoms with Crippen molar-refractivity contribution >= 4 is 5.78 Å². The molecule has 0 amide bonds. The third-order valence-electron chi connectivity index (χ3n) is 3.01. The second kappa shape index (κ2) is 5.69. The molecule has 0 N–H and O–H groups in total. The first-order valence-electron chi connectivity index (χ1n) is 6.22. The average Bonchev–Trinajstić information content (AvgIpc) is 2.42. The highest BCUT2D eigenvalue weighted by molar-refractivity contribution is 5.94. The third kappa shape index (κ3) is 2.93. The summed E-state index contributed by atoms with van der Waals surface area (Å²) in [4.78, 5) is 27.0. The van der Waals surface area contributed by atoms with Crippen LogP contribution in [-0.2, 0) is 6.54 Å². The summed E-state index contributed by atoms with van der Waals surface area (Å²) in [6, 6.07) is 5.19. The van der Waals surface area contributed by atoms with Gasteiger partial charge in [-0.2, -0.15) is 0 Å². The van der Waals surface area contributed by atoms with Crippen molar-refractivity contribution in [2.24, 2.45) is 0 Å². The van der Waals surface area contributed by atoms with E-state index in [-0.39, 0.29) is 11.5 Å². The van der Waals surface area contributed by atoms with Crippen LogP contribution < -0.4 is 10.4 Å². The first-order valence-corrected chi connectivity index (χ1v) is 6.22. The van der Waals surface area contributed by atoms with Gasteiger partial charge in [0.05, 0.1) is 13.7 Å². The quantitative estimate of drug-likeness (QED) is 0.796. The van der Waals surface area contributed by atoms with Gasteiger partial charge in [0.2, 0.25) is 0 Å². The number of ketones is 1. The van der Waals surface area contributed by atoms with Crippen LogP contribution in [0.5, 0.6) is 5.75 Å². The molecule has 5 nitrogen and oxygen atoms in total. The van der Waals surface area contributed by atoms with Gasteiger partial charge in [-0.05, 0) is 37.6 Å². The third-order valence-corrected chi connectivity index (χ3v) is 3.01. The molecule has 1 aromatic carbocycles. The Morgan fingerprint density at radius 3 is 2.80 bits per heavy atom. The molecule has 5 heteroatoms. The lowest BCUT2D eigenvalue weighted by atomic mass is 10.1. The number of carbonyl (C=O) groups excluding carboxylic acids is 1. The topological polar surface area (TPSA) is 61.2 Å². The van der Waals surface area contributed by atoms with Gasteiger partial charge in [-0.15, -0.1) is 0 Å². The average molecular weight is 272 g/mol. The highest BCUT2D eigenvalue weighted by atomic mass is 16.5. The minimum atomic E-state index is -0.328. The molecular formula is C15H16N2O3. The van der Waals surface area contributed by atoms with Gasteiger partial charge in [-0.25, -0.2) is 9.78 Å². The molecular weight excluding hydrogens is 256 g/mol. The standard InChI is InChI=1S/C15H16N2O3/c1-10-7-16-15(19)17(8-10)9-13-6-12(11(2)18)4-5-14(13)20-3/h4-8H,9H2,1-3H3. The summed E-state index contributed by atoms with van der Waals surface area (Å²) in [5.41, 5.74) is 1.93. The smallest absolute Gasteiger partial charge is 0.347 e. The number of rotatable bonds is 4. The number of hydrogen-bond acceptors (Lipinski definition) is 4. The second-order valence-corrected chi connectivity index (χ2v) is 4.62. The maximum absolute atomic E-state index is 11.7. The van der Waals surface area contributed by atoms with Crippen LogP contribution in [0.2, 0.25) is 0 Å². The Morgan fingerprint density at radius 2 is 2.15 bits per heavy atom. The van der Waals surface area contributed by atoms with Crippen LogP contribution in [0.25, 0.3) is 0 Å². The normalized spacial score (nSPS) is 10.3. The molecule has 0 unspecified atom stereocenters. The fourth-order valence-corrected chi connectivity index (χ4v) is 1.98. The Balaban J connectivity index is 2.46. The predicted molar refractivity (Wildman–Crippen MR) is 75.3 cm³/mol. The molecule has 0 radical (unpaired) electrons. The number of aryl methyl sites for hydroxylation is 1. The largest absolute Gasteiger partial charge is 0.496 e. The van der Waals surface area contributed by atoms with E-state index in [1.165, 1.54) is 17.7 Å². The van der Waals surface area contributed by atoms with E-state index in [4.69, 9.17) is 4.74 Å². The number of nitrogens with zero attached hydrogens (tertiary/aromatic N) is 2. The van der Waals surface area contributed by atoms with Gasteiger partial charge in [0.1, 0.15) is 5.75 Å². The van der Waals surface area contributed by atoms with E-state index in [1.54, 1.807) is 31.5 Å². The van der Waals surface area contributed by atoms with Crippen molar-refractivity contribution in [3.63, 3.8) is 0 Å². The minimum Gasteiger partial charge on any atom is -0.496 e. The Hall–Kier alpha value is -2.43. The number of ether oxygens (including phenoxy) is 1. The van der Waals surface area contributed by atoms with E-state index in [0.29, 0.717) is 17.9 Å². The van der Waals surface area contributed by atoms with Crippen LogP contribution >= 0.6 is 0 Å². The summed E-state index contributed by atoms with van der Waals surface area (Å²) < 4.78 is 6.77. The SMILES string of the molecule is COc1ccc(C(C)=O)cc1Cn1cc(C)cnc1=O. The maximum atomic E-state index is 11.7. The lowest BCUT2D eigenvalue weighted by Gasteiger charge is -2.11. The maximum Gasteiger partial charge on any atom is 0.347 e. The van der Waals surface area contributed by atoms with Gasteiger partial charge in [-0.3, -0.25) is 9.36 Å². The minimum absolute atomic E-state index is 0.0244. The van der Waals surface area contributed by atoms with Gasteiger partial charge in [0, 0.05) is 23.5 Å². The summed E-state index contributed by atoms with van der Waals surface area (Å²) in [5.74, 6) is 0.618. The molecule has 0 aliphatic heterocycles. The highest BCUT2D eigenvalue weighted by Gasteiger charge is 2.09. The molecule has 0 aliphatic rings. The molecule has 0 saturated heterocycles. The van der Waals surface area contributed by atoms with Crippen LogP contribution in [0.1, 0.15) is 28.4 Å². The van der Waals surface area contributed by atoms with Crippen molar-refractivity contribution < 1.29 is 9.53 Å². The second-order valence-electron chi connectivity index (χ2n) is 4.62. The van der Waals surface area contributed by atoms with Gasteiger partial charge in [-0.1, -0.05) is 0 Å². The van der Waals surface area contributed by atoms with E-state index >= 15 is 0 Å². The molecule has 0 atom stereocenters. The molecule has 2 rings (SSSR count). The lowest BCUT2D eigenvalue weighted by Crippen LogP contribution is -2.23. The number of benzene rings is 1. The van der Waals surface area contributed by atoms with Crippen LogP contribution in [0.15, 0.2) is 35.4 Å². The van der Waals surface area contributed by atoms with E-state index in [1.807, 2.05) is 6.92 Å². The monoisotopic (exact) mass is 272 g/mol. The van der Waals surface area contributed by atoms with Crippen LogP contribution in [0.4, 0.5) is 0 Å². The van der Waals surface area contributed by atoms with Crippen molar-refractivity contribution in [1.29, 1.82) is 0 Å². The van der Waals surface area contributed by atoms with E-state index in [2.05, 4.69) is 4.98 Å². The van der Waals surface area contributed by atoms with Gasteiger partial charge >= 0.3 is 5.69 Å². The number of aromatic nitrogens is 2. The zero-order valence-electron chi connectivity index (χ0n) is 11.7. The zero-order valence-corrected chi connectivity index (χ0v) is 11.7. The van der Waals surface area contributed by atoms with Crippen molar-refractivity contribution in [3.05, 3.63) is 57.8 Å². The molecule has 0 bridgehead atoms. The van der Waals surface area contributed by atoms with Crippen LogP contribution in [0, 0.1) is 6.92 Å². The fraction of sp³-hybridized carbons (Fsp3) is 0.267. The van der Waals surface area contributed by atoms with Crippen molar-refractivity contribution in [2.75, 3.05) is 7.11 Å². The number of Topliss-reactive ketones (excluding diaryl/α,β-unsaturated/α-hetero) is 1. The predicted octanol–water partition coefficient (Wildman–Crippen LogP) is 1.81. The molecule has 1 heterocycles. The number of hydrogen-bond donors (Lipinski definition) is 0. The van der Waals surface area contributed by atoms with Gasteiger partial charge in [0.15, 0.2) is 5.78 Å². The lowest BCUT2D eigenvalue weighted by molar-refractivity contribution is 0.101. The summed E-state index contributed by atoms with van der Waals surface area (Å²) in [7, 11) is 1.56. The van der Waals surface area contributed by atoms with Crippen molar-refractivity contribution in [2.45, 2.75) is 20.4 Å². The molecule has 104 valence electrons. The van der Waals surface area contributed by atoms with E-state index in [0.717, 1.165) is 11.1 Å². The van der Waals surface area contributed by atoms with Crippen LogP contribution in [-0.4, -0.2) is 22.4 Å². The summed E-state index contributed by atoms with van der Waals surface area (Å²) >= 11 is 0. The van der Waals surface area contributed by atoms with Crippen LogP contribution in [0.3, 0.4) is 0 Å². The molecule has 0 aliphatic carbocycles. The Kier molecular flexibility index (Phi) is 3.98. The summed E-state index contributed by atoms with van der Waals surface area (Å²) in [6.45, 7) is 3.69. The highest BCUT2D eigenvalue weighted by Crippen LogP contribution is 2.21. The van der Waals surface area contributed by atoms with Crippen molar-refractivity contribution in [1.82, 2.24) is 9.55 Å². The van der Waals surface area contributed by atoms with Gasteiger partial charge in [0.25, 0.3) is 0 Å². The summed E-state index contributed by atoms with van der Waals surface area (Å²) in [5, 5.41) is 0. The Morgan fingerprint density at radius 1 is 1.40 bits per heavy atom. The zero-order chi connectivity index (χ0) is 14.7.